The van der Waals surface area contributed by atoms with Gasteiger partial charge in [-0.2, -0.15) is 0 Å². The van der Waals surface area contributed by atoms with Gasteiger partial charge in [-0.25, -0.2) is 0 Å². The van der Waals surface area contributed by atoms with Gasteiger partial charge in [0.2, 0.25) is 0 Å². The van der Waals surface area contributed by atoms with E-state index in [1.165, 1.54) is 18.4 Å². The summed E-state index contributed by atoms with van der Waals surface area (Å²) in [7, 11) is 0. The molecular formula is C15H26O3. The van der Waals surface area contributed by atoms with Gasteiger partial charge in [0.05, 0.1) is 6.61 Å². The summed E-state index contributed by atoms with van der Waals surface area (Å²) in [6.07, 6.45) is 5.65. The second-order valence-corrected chi connectivity index (χ2v) is 6.97. The maximum Gasteiger partial charge on any atom is 0.117 e. The lowest BCUT2D eigenvalue weighted by Gasteiger charge is -2.45. The summed E-state index contributed by atoms with van der Waals surface area (Å²) in [6.45, 7) is 6.49. The van der Waals surface area contributed by atoms with Crippen LogP contribution in [0.4, 0.5) is 0 Å². The Kier molecular flexibility index (Phi) is 3.37. The summed E-state index contributed by atoms with van der Waals surface area (Å²) in [5.41, 5.74) is 0.274. The summed E-state index contributed by atoms with van der Waals surface area (Å²) < 4.78 is 0. The molecule has 2 aliphatic rings. The zero-order valence-electron chi connectivity index (χ0n) is 11.7. The van der Waals surface area contributed by atoms with Crippen LogP contribution in [0.1, 0.15) is 52.9 Å². The van der Waals surface area contributed by atoms with E-state index in [4.69, 9.17) is 0 Å². The van der Waals surface area contributed by atoms with E-state index in [2.05, 4.69) is 20.8 Å². The molecule has 18 heavy (non-hydrogen) atoms. The highest BCUT2D eigenvalue weighted by molar-refractivity contribution is 5.26. The number of aliphatic hydroxyl groups excluding tert-OH is 2. The molecule has 0 aliphatic heterocycles. The van der Waals surface area contributed by atoms with Crippen molar-refractivity contribution in [3.8, 4) is 0 Å². The van der Waals surface area contributed by atoms with Gasteiger partial charge in [0.25, 0.3) is 0 Å². The molecule has 0 saturated heterocycles. The molecule has 0 bridgehead atoms. The first kappa shape index (κ1) is 14.0. The normalized spacial score (nSPS) is 43.9. The van der Waals surface area contributed by atoms with Crippen LogP contribution in [0, 0.1) is 10.8 Å². The molecule has 0 spiro atoms. The summed E-state index contributed by atoms with van der Waals surface area (Å²) >= 11 is 0. The third-order valence-electron chi connectivity index (χ3n) is 5.69. The van der Waals surface area contributed by atoms with E-state index in [0.717, 1.165) is 12.8 Å². The number of allylic oxidation sites excluding steroid dienone is 1. The summed E-state index contributed by atoms with van der Waals surface area (Å²) in [5.74, 6) is 0. The molecule has 0 amide bonds. The van der Waals surface area contributed by atoms with Gasteiger partial charge in [-0.3, -0.25) is 0 Å². The molecule has 0 aromatic heterocycles. The van der Waals surface area contributed by atoms with Crippen molar-refractivity contribution in [2.45, 2.75) is 64.6 Å². The Labute approximate surface area is 110 Å². The standard InChI is InChI=1S/C15H26O3/c1-13(2)6-4-7-14(13,3)11-5-8-15(18,10-16)12(17)9-11/h9,12,16-18H,4-8,10H2,1-3H3. The van der Waals surface area contributed by atoms with Crippen LogP contribution in [-0.4, -0.2) is 33.6 Å². The third kappa shape index (κ3) is 1.93. The first-order valence-corrected chi connectivity index (χ1v) is 6.98. The van der Waals surface area contributed by atoms with E-state index < -0.39 is 11.7 Å². The molecule has 1 fully saturated rings. The lowest BCUT2D eigenvalue weighted by Crippen LogP contribution is -2.48. The Morgan fingerprint density at radius 3 is 2.33 bits per heavy atom. The molecule has 0 heterocycles. The van der Waals surface area contributed by atoms with Gasteiger partial charge in [-0.05, 0) is 36.5 Å². The molecule has 3 nitrogen and oxygen atoms in total. The van der Waals surface area contributed by atoms with E-state index >= 15 is 0 Å². The largest absolute Gasteiger partial charge is 0.393 e. The second-order valence-electron chi connectivity index (χ2n) is 6.97. The Balaban J connectivity index is 2.29. The lowest BCUT2D eigenvalue weighted by molar-refractivity contribution is -0.0974. The van der Waals surface area contributed by atoms with Crippen molar-refractivity contribution in [3.63, 3.8) is 0 Å². The van der Waals surface area contributed by atoms with Crippen LogP contribution in [-0.2, 0) is 0 Å². The summed E-state index contributed by atoms with van der Waals surface area (Å²) in [6, 6.07) is 0. The predicted molar refractivity (Wildman–Crippen MR) is 71.1 cm³/mol. The molecule has 0 radical (unpaired) electrons. The minimum atomic E-state index is -1.34. The first-order chi connectivity index (χ1) is 8.25. The van der Waals surface area contributed by atoms with Gasteiger partial charge >= 0.3 is 0 Å². The van der Waals surface area contributed by atoms with Gasteiger partial charge in [-0.1, -0.05) is 38.8 Å². The minimum Gasteiger partial charge on any atom is -0.393 e. The summed E-state index contributed by atoms with van der Waals surface area (Å²) in [5, 5.41) is 29.3. The van der Waals surface area contributed by atoms with Gasteiger partial charge in [0.15, 0.2) is 0 Å². The van der Waals surface area contributed by atoms with Crippen molar-refractivity contribution in [1.29, 1.82) is 0 Å². The maximum atomic E-state index is 10.1. The predicted octanol–water partition coefficient (Wildman–Crippen LogP) is 2.01. The Morgan fingerprint density at radius 2 is 1.89 bits per heavy atom. The second kappa shape index (κ2) is 4.32. The van der Waals surface area contributed by atoms with Crippen molar-refractivity contribution in [1.82, 2.24) is 0 Å². The Morgan fingerprint density at radius 1 is 1.22 bits per heavy atom. The number of hydrogen-bond donors (Lipinski definition) is 3. The van der Waals surface area contributed by atoms with E-state index in [1.807, 2.05) is 0 Å². The van der Waals surface area contributed by atoms with Crippen LogP contribution < -0.4 is 0 Å². The van der Waals surface area contributed by atoms with E-state index in [9.17, 15) is 15.3 Å². The fourth-order valence-corrected chi connectivity index (χ4v) is 3.65. The SMILES string of the molecule is CC1(C)CCCC1(C)C1=CC(O)C(O)(CO)CC1. The zero-order chi connectivity index (χ0) is 13.6. The zero-order valence-corrected chi connectivity index (χ0v) is 11.7. The van der Waals surface area contributed by atoms with Gasteiger partial charge < -0.3 is 15.3 Å². The topological polar surface area (TPSA) is 60.7 Å². The summed E-state index contributed by atoms with van der Waals surface area (Å²) in [4.78, 5) is 0. The molecule has 0 aromatic carbocycles. The highest BCUT2D eigenvalue weighted by Crippen LogP contribution is 2.58. The molecule has 0 aromatic rings. The van der Waals surface area contributed by atoms with Crippen LogP contribution in [0.15, 0.2) is 11.6 Å². The number of aliphatic hydroxyl groups is 3. The monoisotopic (exact) mass is 254 g/mol. The van der Waals surface area contributed by atoms with Crippen molar-refractivity contribution >= 4 is 0 Å². The highest BCUT2D eigenvalue weighted by Gasteiger charge is 2.49. The fraction of sp³-hybridized carbons (Fsp3) is 0.867. The Hall–Kier alpha value is -0.380. The van der Waals surface area contributed by atoms with Gasteiger partial charge in [0, 0.05) is 0 Å². The van der Waals surface area contributed by atoms with E-state index in [-0.39, 0.29) is 17.4 Å². The van der Waals surface area contributed by atoms with Gasteiger partial charge in [-0.15, -0.1) is 0 Å². The first-order valence-electron chi connectivity index (χ1n) is 6.98. The molecule has 3 unspecified atom stereocenters. The van der Waals surface area contributed by atoms with Crippen molar-refractivity contribution in [2.75, 3.05) is 6.61 Å². The molecule has 2 rings (SSSR count). The van der Waals surface area contributed by atoms with Crippen molar-refractivity contribution in [3.05, 3.63) is 11.6 Å². The third-order valence-corrected chi connectivity index (χ3v) is 5.69. The average Bonchev–Trinajstić information content (AvgIpc) is 2.58. The molecule has 3 heteroatoms. The molecular weight excluding hydrogens is 228 g/mol. The van der Waals surface area contributed by atoms with E-state index in [1.54, 1.807) is 6.08 Å². The average molecular weight is 254 g/mol. The van der Waals surface area contributed by atoms with Crippen molar-refractivity contribution < 1.29 is 15.3 Å². The van der Waals surface area contributed by atoms with Crippen LogP contribution in [0.25, 0.3) is 0 Å². The van der Waals surface area contributed by atoms with E-state index in [0.29, 0.717) is 6.42 Å². The van der Waals surface area contributed by atoms with Crippen LogP contribution in [0.5, 0.6) is 0 Å². The number of hydrogen-bond acceptors (Lipinski definition) is 3. The van der Waals surface area contributed by atoms with Gasteiger partial charge in [0.1, 0.15) is 11.7 Å². The van der Waals surface area contributed by atoms with Crippen LogP contribution in [0.3, 0.4) is 0 Å². The quantitative estimate of drug-likeness (QED) is 0.661. The maximum absolute atomic E-state index is 10.1. The number of rotatable bonds is 2. The van der Waals surface area contributed by atoms with Crippen LogP contribution >= 0.6 is 0 Å². The Bertz CT molecular complexity index is 361. The fourth-order valence-electron chi connectivity index (χ4n) is 3.65. The lowest BCUT2D eigenvalue weighted by atomic mass is 9.61. The molecule has 1 saturated carbocycles. The molecule has 2 aliphatic carbocycles. The smallest absolute Gasteiger partial charge is 0.117 e. The molecule has 3 atom stereocenters. The molecule has 3 N–H and O–H groups in total. The molecule has 104 valence electrons. The highest BCUT2D eigenvalue weighted by atomic mass is 16.4. The van der Waals surface area contributed by atoms with Crippen molar-refractivity contribution in [2.24, 2.45) is 10.8 Å². The van der Waals surface area contributed by atoms with Crippen LogP contribution in [0.2, 0.25) is 0 Å². The minimum absolute atomic E-state index is 0.116.